The first-order chi connectivity index (χ1) is 13.6. The van der Waals surface area contributed by atoms with Crippen molar-refractivity contribution in [3.8, 4) is 11.1 Å². The van der Waals surface area contributed by atoms with Gasteiger partial charge in [-0.05, 0) is 29.5 Å². The molecule has 3 aromatic heterocycles. The zero-order valence-electron chi connectivity index (χ0n) is 15.0. The topological polar surface area (TPSA) is 76.3 Å². The molecule has 0 radical (unpaired) electrons. The summed E-state index contributed by atoms with van der Waals surface area (Å²) in [6.07, 6.45) is 3.01. The molecule has 1 aromatic carbocycles. The molecule has 28 heavy (non-hydrogen) atoms. The fraction of sp³-hybridized carbons (Fsp3) is 0.100. The minimum Gasteiger partial charge on any atom is -0.289 e. The number of rotatable bonds is 5. The highest BCUT2D eigenvalue weighted by molar-refractivity contribution is 7.17. The van der Waals surface area contributed by atoms with Crippen molar-refractivity contribution in [2.24, 2.45) is 5.10 Å². The number of thiophene rings is 2. The quantitative estimate of drug-likeness (QED) is 0.405. The number of amides is 1. The van der Waals surface area contributed by atoms with Crippen molar-refractivity contribution < 1.29 is 4.79 Å². The summed E-state index contributed by atoms with van der Waals surface area (Å²) in [6, 6.07) is 11.7. The van der Waals surface area contributed by atoms with Gasteiger partial charge >= 0.3 is 0 Å². The molecule has 0 saturated carbocycles. The zero-order valence-corrected chi connectivity index (χ0v) is 16.6. The lowest BCUT2D eigenvalue weighted by Gasteiger charge is -2.05. The van der Waals surface area contributed by atoms with Crippen LogP contribution in [0.4, 0.5) is 0 Å². The van der Waals surface area contributed by atoms with Crippen molar-refractivity contribution in [2.75, 3.05) is 0 Å². The van der Waals surface area contributed by atoms with Crippen LogP contribution in [0.25, 0.3) is 21.3 Å². The van der Waals surface area contributed by atoms with Crippen molar-refractivity contribution in [3.05, 3.63) is 74.3 Å². The average molecular weight is 409 g/mol. The standard InChI is InChI=1S/C20H16N4O2S2/c1-13-7-8-27-16(13)9-22-23-17(25)10-24-12-21-19-18(20(24)26)15(11-28-19)14-5-3-2-4-6-14/h2-9,11-12H,10H2,1H3,(H,23,25)/b22-9-. The number of nitrogens with one attached hydrogen (secondary N) is 1. The molecule has 140 valence electrons. The molecule has 4 rings (SSSR count). The summed E-state index contributed by atoms with van der Waals surface area (Å²) < 4.78 is 1.31. The fourth-order valence-corrected chi connectivity index (χ4v) is 4.47. The SMILES string of the molecule is Cc1ccsc1/C=N\NC(=O)Cn1cnc2scc(-c3ccccc3)c2c1=O. The number of hydrogen-bond acceptors (Lipinski definition) is 6. The van der Waals surface area contributed by atoms with Crippen molar-refractivity contribution in [1.29, 1.82) is 0 Å². The second kappa shape index (κ2) is 7.87. The minimum absolute atomic E-state index is 0.146. The number of fused-ring (bicyclic) bond motifs is 1. The zero-order chi connectivity index (χ0) is 19.5. The molecule has 4 aromatic rings. The molecule has 6 nitrogen and oxygen atoms in total. The molecule has 0 fully saturated rings. The Labute approximate surface area is 168 Å². The maximum absolute atomic E-state index is 12.9. The van der Waals surface area contributed by atoms with Crippen LogP contribution in [0.3, 0.4) is 0 Å². The predicted molar refractivity (Wildman–Crippen MR) is 114 cm³/mol. The smallest absolute Gasteiger partial charge is 0.263 e. The van der Waals surface area contributed by atoms with E-state index >= 15 is 0 Å². The van der Waals surface area contributed by atoms with Gasteiger partial charge in [-0.2, -0.15) is 5.10 Å². The molecule has 3 heterocycles. The van der Waals surface area contributed by atoms with E-state index in [1.165, 1.54) is 22.2 Å². The molecule has 0 saturated heterocycles. The Balaban J connectivity index is 1.57. The summed E-state index contributed by atoms with van der Waals surface area (Å²) in [5.41, 5.74) is 5.11. The number of hydrogen-bond donors (Lipinski definition) is 1. The van der Waals surface area contributed by atoms with Crippen LogP contribution < -0.4 is 11.0 Å². The Morgan fingerprint density at radius 3 is 2.82 bits per heavy atom. The molecular weight excluding hydrogens is 392 g/mol. The van der Waals surface area contributed by atoms with E-state index in [9.17, 15) is 9.59 Å². The van der Waals surface area contributed by atoms with Crippen molar-refractivity contribution in [3.63, 3.8) is 0 Å². The van der Waals surface area contributed by atoms with Crippen LogP contribution in [-0.4, -0.2) is 21.7 Å². The summed E-state index contributed by atoms with van der Waals surface area (Å²) in [5, 5.41) is 8.39. The van der Waals surface area contributed by atoms with Crippen LogP contribution in [0.5, 0.6) is 0 Å². The second-order valence-corrected chi connectivity index (χ2v) is 7.94. The predicted octanol–water partition coefficient (Wildman–Crippen LogP) is 3.65. The van der Waals surface area contributed by atoms with Gasteiger partial charge < -0.3 is 0 Å². The van der Waals surface area contributed by atoms with E-state index in [4.69, 9.17) is 0 Å². The molecule has 0 aliphatic heterocycles. The number of carbonyl (C=O) groups is 1. The summed E-state index contributed by atoms with van der Waals surface area (Å²) in [4.78, 5) is 31.1. The summed E-state index contributed by atoms with van der Waals surface area (Å²) in [5.74, 6) is -0.384. The van der Waals surface area contributed by atoms with Gasteiger partial charge in [-0.3, -0.25) is 14.2 Å². The molecule has 0 spiro atoms. The average Bonchev–Trinajstić information content (AvgIpc) is 3.31. The summed E-state index contributed by atoms with van der Waals surface area (Å²) in [6.45, 7) is 1.83. The summed E-state index contributed by atoms with van der Waals surface area (Å²) in [7, 11) is 0. The number of aromatic nitrogens is 2. The van der Waals surface area contributed by atoms with Crippen LogP contribution >= 0.6 is 22.7 Å². The Bertz CT molecular complexity index is 1220. The number of nitrogens with zero attached hydrogens (tertiary/aromatic N) is 3. The van der Waals surface area contributed by atoms with Crippen LogP contribution in [0.2, 0.25) is 0 Å². The lowest BCUT2D eigenvalue weighted by molar-refractivity contribution is -0.121. The van der Waals surface area contributed by atoms with Gasteiger partial charge in [-0.1, -0.05) is 30.3 Å². The van der Waals surface area contributed by atoms with E-state index < -0.39 is 0 Å². The molecule has 0 atom stereocenters. The van der Waals surface area contributed by atoms with Gasteiger partial charge in [0, 0.05) is 15.8 Å². The first kappa shape index (κ1) is 18.3. The lowest BCUT2D eigenvalue weighted by Crippen LogP contribution is -2.30. The Morgan fingerprint density at radius 1 is 1.25 bits per heavy atom. The highest BCUT2D eigenvalue weighted by Gasteiger charge is 2.14. The lowest BCUT2D eigenvalue weighted by atomic mass is 10.1. The molecule has 1 N–H and O–H groups in total. The maximum atomic E-state index is 12.9. The third-order valence-electron chi connectivity index (χ3n) is 4.23. The maximum Gasteiger partial charge on any atom is 0.263 e. The van der Waals surface area contributed by atoms with Gasteiger partial charge in [0.1, 0.15) is 11.4 Å². The molecule has 0 aliphatic rings. The molecule has 1 amide bonds. The third-order valence-corrected chi connectivity index (χ3v) is 6.07. The minimum atomic E-state index is -0.384. The van der Waals surface area contributed by atoms with Gasteiger partial charge in [0.15, 0.2) is 0 Å². The van der Waals surface area contributed by atoms with Crippen LogP contribution in [0.1, 0.15) is 10.4 Å². The summed E-state index contributed by atoms with van der Waals surface area (Å²) >= 11 is 2.96. The highest BCUT2D eigenvalue weighted by Crippen LogP contribution is 2.30. The molecule has 0 aliphatic carbocycles. The van der Waals surface area contributed by atoms with E-state index in [0.717, 1.165) is 21.6 Å². The molecule has 0 unspecified atom stereocenters. The van der Waals surface area contributed by atoms with Gasteiger partial charge in [-0.15, -0.1) is 22.7 Å². The Hall–Kier alpha value is -3.10. The van der Waals surface area contributed by atoms with Gasteiger partial charge in [-0.25, -0.2) is 10.4 Å². The van der Waals surface area contributed by atoms with E-state index in [-0.39, 0.29) is 18.0 Å². The second-order valence-electron chi connectivity index (χ2n) is 6.13. The van der Waals surface area contributed by atoms with E-state index in [1.807, 2.05) is 54.1 Å². The highest BCUT2D eigenvalue weighted by atomic mass is 32.1. The van der Waals surface area contributed by atoms with Crippen molar-refractivity contribution in [2.45, 2.75) is 13.5 Å². The van der Waals surface area contributed by atoms with E-state index in [0.29, 0.717) is 10.2 Å². The first-order valence-corrected chi connectivity index (χ1v) is 10.3. The van der Waals surface area contributed by atoms with Crippen LogP contribution in [0.15, 0.2) is 63.4 Å². The van der Waals surface area contributed by atoms with Crippen molar-refractivity contribution >= 4 is 45.0 Å². The van der Waals surface area contributed by atoms with Gasteiger partial charge in [0.2, 0.25) is 0 Å². The molecular formula is C20H16N4O2S2. The number of benzene rings is 1. The normalized spacial score (nSPS) is 11.3. The first-order valence-electron chi connectivity index (χ1n) is 8.51. The number of carbonyl (C=O) groups excluding carboxylic acids is 1. The number of hydrazone groups is 1. The molecule has 8 heteroatoms. The fourth-order valence-electron chi connectivity index (χ4n) is 2.78. The van der Waals surface area contributed by atoms with Crippen LogP contribution in [-0.2, 0) is 11.3 Å². The van der Waals surface area contributed by atoms with E-state index in [1.54, 1.807) is 17.6 Å². The monoisotopic (exact) mass is 408 g/mol. The van der Waals surface area contributed by atoms with Gasteiger partial charge in [0.05, 0.1) is 17.9 Å². The van der Waals surface area contributed by atoms with Crippen LogP contribution in [0, 0.1) is 6.92 Å². The van der Waals surface area contributed by atoms with Gasteiger partial charge in [0.25, 0.3) is 11.5 Å². The van der Waals surface area contributed by atoms with E-state index in [2.05, 4.69) is 15.5 Å². The molecule has 0 bridgehead atoms. The van der Waals surface area contributed by atoms with Crippen molar-refractivity contribution in [1.82, 2.24) is 15.0 Å². The Kier molecular flexibility index (Phi) is 5.14. The number of aryl methyl sites for hydroxylation is 1. The Morgan fingerprint density at radius 2 is 2.07 bits per heavy atom. The third kappa shape index (κ3) is 3.64. The largest absolute Gasteiger partial charge is 0.289 e.